The zero-order valence-electron chi connectivity index (χ0n) is 19.1. The van der Waals surface area contributed by atoms with Crippen molar-refractivity contribution in [2.45, 2.75) is 139 Å². The van der Waals surface area contributed by atoms with Gasteiger partial charge in [-0.15, -0.1) is 0 Å². The van der Waals surface area contributed by atoms with E-state index in [0.29, 0.717) is 3.74 Å². The van der Waals surface area contributed by atoms with Crippen LogP contribution in [0.15, 0.2) is 0 Å². The van der Waals surface area contributed by atoms with Crippen molar-refractivity contribution < 1.29 is 2.54 Å². The maximum atomic E-state index is 3.88. The van der Waals surface area contributed by atoms with Crippen LogP contribution < -0.4 is 0 Å². The first-order valence-corrected chi connectivity index (χ1v) is 15.8. The third-order valence-corrected chi connectivity index (χ3v) is 8.08. The highest BCUT2D eigenvalue weighted by atomic mass is 79.9. The van der Waals surface area contributed by atoms with Gasteiger partial charge in [0.25, 0.3) is 0 Å². The number of rotatable bonds is 23. The van der Waals surface area contributed by atoms with Gasteiger partial charge in [-0.3, -0.25) is 0 Å². The fourth-order valence-electron chi connectivity index (χ4n) is 3.82. The topological polar surface area (TPSA) is 0 Å². The van der Waals surface area contributed by atoms with Crippen LogP contribution in [0, 0.1) is 0 Å². The molecule has 0 aromatic rings. The standard InChI is InChI=1S/C24H48Br4N/c1-2-3-4-5-6-7-10-13-16-19-22-29(27,28)23-20-17-14-11-8-9-12-15-18-21-24(25)26/h24H,2-23H2,1H3/q+1. The molecule has 0 aliphatic heterocycles. The van der Waals surface area contributed by atoms with Crippen LogP contribution in [0.25, 0.3) is 0 Å². The Morgan fingerprint density at radius 2 is 0.793 bits per heavy atom. The predicted octanol–water partition coefficient (Wildman–Crippen LogP) is 11.4. The summed E-state index contributed by atoms with van der Waals surface area (Å²) in [5.41, 5.74) is 0. The summed E-state index contributed by atoms with van der Waals surface area (Å²) in [5, 5.41) is 0. The van der Waals surface area contributed by atoms with Crippen molar-refractivity contribution in [2.24, 2.45) is 0 Å². The van der Waals surface area contributed by atoms with E-state index in [0.717, 1.165) is 2.54 Å². The van der Waals surface area contributed by atoms with E-state index in [1.54, 1.807) is 0 Å². The number of halogens is 4. The largest absolute Gasteiger partial charge is 0.239 e. The van der Waals surface area contributed by atoms with Crippen molar-refractivity contribution in [3.63, 3.8) is 0 Å². The van der Waals surface area contributed by atoms with E-state index < -0.39 is 0 Å². The number of nitrogens with zero attached hydrogens (tertiary/aromatic N) is 1. The SMILES string of the molecule is CCCCCCCCCCCC[N+](Br)(Br)CCCCCCCCCCCC(Br)Br. The van der Waals surface area contributed by atoms with Crippen molar-refractivity contribution in [1.82, 2.24) is 0 Å². The molecule has 0 atom stereocenters. The molecule has 0 saturated heterocycles. The molecule has 0 amide bonds. The molecule has 0 aromatic heterocycles. The van der Waals surface area contributed by atoms with Gasteiger partial charge in [0, 0.05) is 0 Å². The van der Waals surface area contributed by atoms with Gasteiger partial charge in [-0.25, -0.2) is 0 Å². The normalized spacial score (nSPS) is 12.2. The lowest BCUT2D eigenvalue weighted by molar-refractivity contribution is -0.614. The van der Waals surface area contributed by atoms with Gasteiger partial charge in [0.2, 0.25) is 32.3 Å². The van der Waals surface area contributed by atoms with Crippen LogP contribution in [-0.2, 0) is 0 Å². The summed E-state index contributed by atoms with van der Waals surface area (Å²) in [7, 11) is 0. The van der Waals surface area contributed by atoms with Crippen molar-refractivity contribution >= 4 is 64.2 Å². The van der Waals surface area contributed by atoms with Gasteiger partial charge >= 0.3 is 0 Å². The van der Waals surface area contributed by atoms with E-state index in [1.807, 2.05) is 0 Å². The van der Waals surface area contributed by atoms with Crippen LogP contribution in [0.3, 0.4) is 0 Å². The first kappa shape index (κ1) is 30.9. The van der Waals surface area contributed by atoms with E-state index in [-0.39, 0.29) is 0 Å². The molecule has 0 saturated carbocycles. The first-order chi connectivity index (χ1) is 14.0. The second-order valence-electron chi connectivity index (χ2n) is 8.76. The molecule has 0 aliphatic carbocycles. The number of alkyl halides is 2. The second-order valence-corrected chi connectivity index (χ2v) is 15.9. The summed E-state index contributed by atoms with van der Waals surface area (Å²) in [4.78, 5) is 0. The molecular weight excluding hydrogens is 622 g/mol. The highest BCUT2D eigenvalue weighted by Gasteiger charge is 2.20. The summed E-state index contributed by atoms with van der Waals surface area (Å²) in [6.07, 6.45) is 27.9. The zero-order chi connectivity index (χ0) is 21.6. The average Bonchev–Trinajstić information content (AvgIpc) is 2.67. The van der Waals surface area contributed by atoms with Crippen LogP contribution in [0.2, 0.25) is 0 Å². The van der Waals surface area contributed by atoms with Crippen LogP contribution >= 0.6 is 64.2 Å². The fourth-order valence-corrected chi connectivity index (χ4v) is 5.47. The minimum Gasteiger partial charge on any atom is -0.190 e. The Morgan fingerprint density at radius 3 is 1.14 bits per heavy atom. The van der Waals surface area contributed by atoms with Gasteiger partial charge in [-0.05, 0) is 32.1 Å². The molecule has 0 fully saturated rings. The molecule has 0 radical (unpaired) electrons. The number of hydrogen-bond acceptors (Lipinski definition) is 0. The van der Waals surface area contributed by atoms with Gasteiger partial charge in [0.1, 0.15) is 0 Å². The Hall–Kier alpha value is 1.88. The van der Waals surface area contributed by atoms with Crippen molar-refractivity contribution in [3.05, 3.63) is 0 Å². The van der Waals surface area contributed by atoms with Crippen molar-refractivity contribution in [2.75, 3.05) is 13.1 Å². The first-order valence-electron chi connectivity index (χ1n) is 12.5. The molecule has 0 unspecified atom stereocenters. The Kier molecular flexibility index (Phi) is 24.5. The number of hydrogen-bond donors (Lipinski definition) is 0. The average molecular weight is 670 g/mol. The van der Waals surface area contributed by atoms with Gasteiger partial charge in [0.15, 0.2) is 0 Å². The zero-order valence-corrected chi connectivity index (χ0v) is 25.4. The van der Waals surface area contributed by atoms with Crippen LogP contribution in [-0.4, -0.2) is 19.4 Å². The van der Waals surface area contributed by atoms with Gasteiger partial charge in [-0.2, -0.15) is 2.54 Å². The molecule has 0 N–H and O–H groups in total. The lowest BCUT2D eigenvalue weighted by atomic mass is 10.1. The third-order valence-electron chi connectivity index (χ3n) is 5.75. The molecule has 0 spiro atoms. The lowest BCUT2D eigenvalue weighted by Gasteiger charge is -2.21. The van der Waals surface area contributed by atoms with Crippen LogP contribution in [0.4, 0.5) is 0 Å². The molecule has 0 aliphatic rings. The molecule has 5 heteroatoms. The van der Waals surface area contributed by atoms with E-state index in [1.165, 1.54) is 142 Å². The number of quaternary nitrogens is 1. The second kappa shape index (κ2) is 23.1. The summed E-state index contributed by atoms with van der Waals surface area (Å²) >= 11 is 14.9. The van der Waals surface area contributed by atoms with E-state index >= 15 is 0 Å². The monoisotopic (exact) mass is 666 g/mol. The molecule has 0 bridgehead atoms. The maximum absolute atomic E-state index is 3.88. The molecule has 0 heterocycles. The number of unbranched alkanes of at least 4 members (excludes halogenated alkanes) is 17. The lowest BCUT2D eigenvalue weighted by Crippen LogP contribution is -2.27. The van der Waals surface area contributed by atoms with Gasteiger partial charge < -0.3 is 0 Å². The van der Waals surface area contributed by atoms with Crippen LogP contribution in [0.5, 0.6) is 0 Å². The Balaban J connectivity index is 3.32. The molecule has 176 valence electrons. The minimum atomic E-state index is 0.509. The smallest absolute Gasteiger partial charge is 0.190 e. The molecule has 0 aromatic carbocycles. The third kappa shape index (κ3) is 26.0. The summed E-state index contributed by atoms with van der Waals surface area (Å²) in [6.45, 7) is 4.71. The molecular formula is C24H48Br4N+. The highest BCUT2D eigenvalue weighted by molar-refractivity contribution is 9.24. The minimum absolute atomic E-state index is 0.509. The summed E-state index contributed by atoms with van der Waals surface area (Å²) in [6, 6.07) is 0. The molecule has 29 heavy (non-hydrogen) atoms. The fraction of sp³-hybridized carbons (Fsp3) is 1.00. The molecule has 0 rings (SSSR count). The highest BCUT2D eigenvalue weighted by Crippen LogP contribution is 2.26. The Labute approximate surface area is 217 Å². The van der Waals surface area contributed by atoms with E-state index in [9.17, 15) is 0 Å². The predicted molar refractivity (Wildman–Crippen MR) is 148 cm³/mol. The quantitative estimate of drug-likeness (QED) is 0.0577. The molecule has 1 nitrogen and oxygen atoms in total. The van der Waals surface area contributed by atoms with Gasteiger partial charge in [-0.1, -0.05) is 135 Å². The summed E-state index contributed by atoms with van der Waals surface area (Å²) < 4.78 is 1.37. The van der Waals surface area contributed by atoms with Crippen molar-refractivity contribution in [1.29, 1.82) is 0 Å². The van der Waals surface area contributed by atoms with Crippen LogP contribution in [0.1, 0.15) is 135 Å². The Bertz CT molecular complexity index is 324. The Morgan fingerprint density at radius 1 is 0.483 bits per heavy atom. The van der Waals surface area contributed by atoms with E-state index in [2.05, 4.69) is 71.1 Å². The maximum Gasteiger partial charge on any atom is 0.239 e. The summed E-state index contributed by atoms with van der Waals surface area (Å²) in [5.74, 6) is 0. The van der Waals surface area contributed by atoms with Gasteiger partial charge in [0.05, 0.1) is 16.8 Å². The van der Waals surface area contributed by atoms with Crippen molar-refractivity contribution in [3.8, 4) is 0 Å². The van der Waals surface area contributed by atoms with E-state index in [4.69, 9.17) is 0 Å².